The monoisotopic (exact) mass is 689 g/mol. The predicted octanol–water partition coefficient (Wildman–Crippen LogP) is 13.9. The fourth-order valence-corrected chi connectivity index (χ4v) is 6.16. The van der Waals surface area contributed by atoms with E-state index in [4.69, 9.17) is 5.10 Å². The average molecular weight is 690 g/mol. The summed E-state index contributed by atoms with van der Waals surface area (Å²) in [6, 6.07) is 57.3. The number of rotatable bonds is 10. The van der Waals surface area contributed by atoms with E-state index in [0.717, 1.165) is 40.4 Å². The van der Waals surface area contributed by atoms with E-state index >= 15 is 0 Å². The molecule has 1 aliphatic rings. The Labute approximate surface area is 315 Å². The summed E-state index contributed by atoms with van der Waals surface area (Å²) in [6.07, 6.45) is 14.0. The molecule has 0 aliphatic heterocycles. The second kappa shape index (κ2) is 18.2. The number of hydrogen-bond donors (Lipinski definition) is 0. The minimum atomic E-state index is 0.570. The van der Waals surface area contributed by atoms with Crippen LogP contribution in [0.3, 0.4) is 0 Å². The number of anilines is 5. The van der Waals surface area contributed by atoms with Crippen molar-refractivity contribution < 1.29 is 0 Å². The first-order valence-electron chi connectivity index (χ1n) is 18.3. The van der Waals surface area contributed by atoms with Crippen LogP contribution in [0.5, 0.6) is 0 Å². The second-order valence-corrected chi connectivity index (χ2v) is 13.1. The molecule has 262 valence electrons. The van der Waals surface area contributed by atoms with Gasteiger partial charge in [-0.3, -0.25) is 0 Å². The maximum absolute atomic E-state index is 4.90. The van der Waals surface area contributed by atoms with E-state index in [1.54, 1.807) is 6.08 Å². The number of hydrazone groups is 1. The molecule has 6 aromatic carbocycles. The lowest BCUT2D eigenvalue weighted by atomic mass is 9.89. The summed E-state index contributed by atoms with van der Waals surface area (Å²) in [5, 5.41) is 6.87. The molecule has 0 bridgehead atoms. The smallest absolute Gasteiger partial charge is 0.0652 e. The summed E-state index contributed by atoms with van der Waals surface area (Å²) in [7, 11) is 0. The average Bonchev–Trinajstić information content (AvgIpc) is 3.21. The van der Waals surface area contributed by atoms with Gasteiger partial charge in [0, 0.05) is 17.1 Å². The fourth-order valence-electron chi connectivity index (χ4n) is 6.16. The largest absolute Gasteiger partial charge is 0.311 e. The third-order valence-electron chi connectivity index (χ3n) is 8.94. The molecule has 1 aliphatic carbocycles. The minimum Gasteiger partial charge on any atom is -0.311 e. The van der Waals surface area contributed by atoms with Crippen LogP contribution in [0.15, 0.2) is 205 Å². The van der Waals surface area contributed by atoms with E-state index in [1.165, 1.54) is 27.8 Å². The van der Waals surface area contributed by atoms with Crippen LogP contribution in [0.4, 0.5) is 28.4 Å². The van der Waals surface area contributed by atoms with E-state index < -0.39 is 0 Å². The Hall–Kier alpha value is -6.45. The maximum atomic E-state index is 4.90. The highest BCUT2D eigenvalue weighted by Gasteiger charge is 2.14. The molecule has 53 heavy (non-hydrogen) atoms. The van der Waals surface area contributed by atoms with Crippen molar-refractivity contribution in [3.63, 3.8) is 0 Å². The Bertz CT molecular complexity index is 2120. The summed E-state index contributed by atoms with van der Waals surface area (Å²) in [4.78, 5) is 2.29. The zero-order valence-corrected chi connectivity index (χ0v) is 30.9. The number of para-hydroxylation sites is 3. The summed E-state index contributed by atoms with van der Waals surface area (Å²) in [5.74, 6) is 0.570. The fraction of sp³-hybridized carbons (Fsp3) is 0.100. The Kier molecular flexibility index (Phi) is 12.5. The van der Waals surface area contributed by atoms with Gasteiger partial charge in [0.05, 0.1) is 17.6 Å². The van der Waals surface area contributed by atoms with Crippen molar-refractivity contribution in [1.29, 1.82) is 0 Å². The molecule has 0 amide bonds. The third kappa shape index (κ3) is 9.66. The number of nitrogens with zero attached hydrogens (tertiary/aromatic N) is 3. The van der Waals surface area contributed by atoms with Gasteiger partial charge in [0.1, 0.15) is 0 Å². The van der Waals surface area contributed by atoms with Gasteiger partial charge in [0.15, 0.2) is 0 Å². The van der Waals surface area contributed by atoms with Crippen molar-refractivity contribution in [2.24, 2.45) is 11.0 Å². The lowest BCUT2D eigenvalue weighted by Crippen LogP contribution is -2.10. The highest BCUT2D eigenvalue weighted by Crippen LogP contribution is 2.36. The van der Waals surface area contributed by atoms with Gasteiger partial charge in [0.2, 0.25) is 0 Å². The number of aryl methyl sites for hydroxylation is 1. The van der Waals surface area contributed by atoms with Gasteiger partial charge in [-0.25, -0.2) is 5.01 Å². The Morgan fingerprint density at radius 1 is 0.623 bits per heavy atom. The molecule has 0 N–H and O–H groups in total. The Balaban J connectivity index is 0.00000155. The molecule has 0 saturated carbocycles. The molecule has 1 atom stereocenters. The predicted molar refractivity (Wildman–Crippen MR) is 230 cm³/mol. The normalized spacial score (nSPS) is 13.8. The Morgan fingerprint density at radius 3 is 1.58 bits per heavy atom. The van der Waals surface area contributed by atoms with E-state index in [0.29, 0.717) is 5.92 Å². The van der Waals surface area contributed by atoms with Crippen molar-refractivity contribution >= 4 is 46.3 Å². The van der Waals surface area contributed by atoms with Crippen LogP contribution in [0, 0.1) is 12.8 Å². The number of hydrogen-bond acceptors (Lipinski definition) is 3. The maximum Gasteiger partial charge on any atom is 0.0652 e. The van der Waals surface area contributed by atoms with E-state index in [1.807, 2.05) is 54.5 Å². The Morgan fingerprint density at radius 2 is 1.09 bits per heavy atom. The highest BCUT2D eigenvalue weighted by atomic mass is 15.5. The van der Waals surface area contributed by atoms with Crippen molar-refractivity contribution in [3.05, 3.63) is 223 Å². The summed E-state index contributed by atoms with van der Waals surface area (Å²) in [6.45, 7) is 9.65. The molecule has 0 fully saturated rings. The van der Waals surface area contributed by atoms with E-state index in [9.17, 15) is 0 Å². The standard InChI is InChI=1S/C47H41N3.C3H6/c1-36-18-26-40(27-19-36)47(41-28-20-37(2)21-29-41)34-38-22-30-43(31-23-38)49(42-12-6-3-7-13-42)44-32-24-39(25-33-44)35-48-50(45-14-8-4-9-15-45)46-16-10-5-11-17-46;1-3-2/h3-20,22-35,37H,21H2,1-2H3;3H,1H2,2H3. The van der Waals surface area contributed by atoms with E-state index in [-0.39, 0.29) is 0 Å². The lowest BCUT2D eigenvalue weighted by molar-refractivity contribution is 0.734. The van der Waals surface area contributed by atoms with Crippen LogP contribution in [-0.4, -0.2) is 6.21 Å². The van der Waals surface area contributed by atoms with Gasteiger partial charge in [-0.05, 0) is 121 Å². The molecule has 7 rings (SSSR count). The number of allylic oxidation sites excluding steroid dienone is 6. The molecule has 0 heterocycles. The van der Waals surface area contributed by atoms with Gasteiger partial charge >= 0.3 is 0 Å². The van der Waals surface area contributed by atoms with Gasteiger partial charge in [0.25, 0.3) is 0 Å². The van der Waals surface area contributed by atoms with Gasteiger partial charge in [-0.1, -0.05) is 140 Å². The molecular formula is C50H47N3. The molecule has 0 radical (unpaired) electrons. The van der Waals surface area contributed by atoms with Crippen LogP contribution in [0.1, 0.15) is 42.5 Å². The molecule has 0 aromatic heterocycles. The van der Waals surface area contributed by atoms with Crippen molar-refractivity contribution in [1.82, 2.24) is 0 Å². The molecule has 0 spiro atoms. The second-order valence-electron chi connectivity index (χ2n) is 13.1. The molecule has 1 unspecified atom stereocenters. The van der Waals surface area contributed by atoms with Crippen molar-refractivity contribution in [3.8, 4) is 0 Å². The van der Waals surface area contributed by atoms with Crippen LogP contribution in [0.25, 0.3) is 11.6 Å². The van der Waals surface area contributed by atoms with Gasteiger partial charge in [-0.15, -0.1) is 6.58 Å². The number of benzene rings is 6. The molecule has 3 heteroatoms. The highest BCUT2D eigenvalue weighted by molar-refractivity contribution is 5.93. The van der Waals surface area contributed by atoms with Crippen molar-refractivity contribution in [2.45, 2.75) is 27.2 Å². The first-order valence-corrected chi connectivity index (χ1v) is 18.3. The first kappa shape index (κ1) is 36.3. The SMILES string of the molecule is C=CC.Cc1ccc(C(=Cc2ccc(N(c3ccccc3)c3ccc(C=NN(c4ccccc4)c4ccccc4)cc3)cc2)C2=CCC(C)C=C2)cc1. The van der Waals surface area contributed by atoms with Crippen molar-refractivity contribution in [2.75, 3.05) is 9.91 Å². The molecule has 3 nitrogen and oxygen atoms in total. The summed E-state index contributed by atoms with van der Waals surface area (Å²) < 4.78 is 0. The van der Waals surface area contributed by atoms with Crippen LogP contribution in [-0.2, 0) is 0 Å². The van der Waals surface area contributed by atoms with Crippen LogP contribution < -0.4 is 9.91 Å². The third-order valence-corrected chi connectivity index (χ3v) is 8.94. The van der Waals surface area contributed by atoms with E-state index in [2.05, 4.69) is 177 Å². The molecule has 6 aromatic rings. The van der Waals surface area contributed by atoms with Crippen LogP contribution in [0.2, 0.25) is 0 Å². The quantitative estimate of drug-likeness (QED) is 0.0617. The lowest BCUT2D eigenvalue weighted by Gasteiger charge is -2.25. The zero-order valence-electron chi connectivity index (χ0n) is 30.9. The topological polar surface area (TPSA) is 18.8 Å². The zero-order chi connectivity index (χ0) is 36.8. The molecule has 0 saturated heterocycles. The summed E-state index contributed by atoms with van der Waals surface area (Å²) >= 11 is 0. The molecular weight excluding hydrogens is 643 g/mol. The first-order chi connectivity index (χ1) is 26.0. The van der Waals surface area contributed by atoms with Gasteiger partial charge in [-0.2, -0.15) is 5.10 Å². The van der Waals surface area contributed by atoms with Gasteiger partial charge < -0.3 is 4.90 Å². The minimum absolute atomic E-state index is 0.570. The van der Waals surface area contributed by atoms with Crippen LogP contribution >= 0.6 is 0 Å². The summed E-state index contributed by atoms with van der Waals surface area (Å²) in [5.41, 5.74) is 12.5.